The number of nitrogens with one attached hydrogen (secondary N) is 1. The van der Waals surface area contributed by atoms with Crippen molar-refractivity contribution in [3.8, 4) is 0 Å². The van der Waals surface area contributed by atoms with Crippen LogP contribution in [0.5, 0.6) is 0 Å². The number of piperidine rings is 1. The minimum Gasteiger partial charge on any atom is -0.457 e. The van der Waals surface area contributed by atoms with Gasteiger partial charge in [-0.3, -0.25) is 7.05 Å². The van der Waals surface area contributed by atoms with Gasteiger partial charge in [0.15, 0.2) is 0 Å². The molecule has 1 saturated carbocycles. The molecule has 2 fully saturated rings. The van der Waals surface area contributed by atoms with Crippen LogP contribution >= 0.6 is 0 Å². The third-order valence-electron chi connectivity index (χ3n) is 3.27. The highest BCUT2D eigenvalue weighted by atomic mass is 15.3. The molecule has 2 heteroatoms. The molecule has 1 aliphatic heterocycles. The highest BCUT2D eigenvalue weighted by Crippen LogP contribution is 2.60. The van der Waals surface area contributed by atoms with Crippen LogP contribution in [-0.4, -0.2) is 30.6 Å². The fraction of sp³-hybridized carbons (Fsp3) is 0.875. The number of fused-ring (bicyclic) bond motifs is 1. The lowest BCUT2D eigenvalue weighted by Gasteiger charge is -2.21. The van der Waals surface area contributed by atoms with E-state index in [1.807, 2.05) is 0 Å². The predicted octanol–water partition coefficient (Wildman–Crippen LogP) is 0.462. The van der Waals surface area contributed by atoms with Crippen molar-refractivity contribution in [3.05, 3.63) is 7.05 Å². The predicted molar refractivity (Wildman–Crippen MR) is 41.4 cm³/mol. The zero-order valence-electron chi connectivity index (χ0n) is 6.78. The molecule has 1 heterocycles. The van der Waals surface area contributed by atoms with Crippen LogP contribution in [0.2, 0.25) is 0 Å². The van der Waals surface area contributed by atoms with E-state index in [4.69, 9.17) is 0 Å². The third kappa shape index (κ3) is 0.565. The molecule has 58 valence electrons. The SMILES string of the molecule is [CH2-]N1C[C@]2(C)C[C@]2(NC)C1. The van der Waals surface area contributed by atoms with Gasteiger partial charge in [0.2, 0.25) is 0 Å². The molecule has 1 saturated heterocycles. The van der Waals surface area contributed by atoms with Gasteiger partial charge < -0.3 is 10.2 Å². The topological polar surface area (TPSA) is 15.3 Å². The number of rotatable bonds is 1. The van der Waals surface area contributed by atoms with E-state index in [0.29, 0.717) is 11.0 Å². The van der Waals surface area contributed by atoms with Crippen LogP contribution in [0, 0.1) is 12.5 Å². The monoisotopic (exact) mass is 139 g/mol. The van der Waals surface area contributed by atoms with Crippen molar-refractivity contribution in [2.75, 3.05) is 20.1 Å². The molecule has 0 radical (unpaired) electrons. The number of likely N-dealkylation sites (N-methyl/N-ethyl adjacent to an activating group) is 1. The Bertz CT molecular complexity index is 169. The van der Waals surface area contributed by atoms with Gasteiger partial charge in [-0.05, 0) is 32.0 Å². The van der Waals surface area contributed by atoms with E-state index in [-0.39, 0.29) is 0 Å². The van der Waals surface area contributed by atoms with Crippen LogP contribution in [0.15, 0.2) is 0 Å². The Kier molecular flexibility index (Phi) is 1.03. The number of likely N-dealkylation sites (tertiary alicyclic amines) is 1. The molecule has 2 nitrogen and oxygen atoms in total. The van der Waals surface area contributed by atoms with Crippen molar-refractivity contribution >= 4 is 0 Å². The third-order valence-corrected chi connectivity index (χ3v) is 3.27. The molecule has 0 spiro atoms. The summed E-state index contributed by atoms with van der Waals surface area (Å²) in [6.07, 6.45) is 1.34. The molecule has 2 atom stereocenters. The molecular formula is C8H15N2-. The summed E-state index contributed by atoms with van der Waals surface area (Å²) in [4.78, 5) is 2.17. The maximum absolute atomic E-state index is 3.95. The maximum atomic E-state index is 3.95. The molecule has 10 heavy (non-hydrogen) atoms. The van der Waals surface area contributed by atoms with E-state index in [1.54, 1.807) is 0 Å². The largest absolute Gasteiger partial charge is 0.457 e. The average Bonchev–Trinajstić information content (AvgIpc) is 2.29. The Morgan fingerprint density at radius 2 is 2.20 bits per heavy atom. The summed E-state index contributed by atoms with van der Waals surface area (Å²) in [6.45, 7) is 4.63. The van der Waals surface area contributed by atoms with Gasteiger partial charge in [-0.2, -0.15) is 0 Å². The fourth-order valence-electron chi connectivity index (χ4n) is 2.48. The van der Waals surface area contributed by atoms with E-state index in [0.717, 1.165) is 13.1 Å². The Morgan fingerprint density at radius 3 is 2.50 bits per heavy atom. The van der Waals surface area contributed by atoms with Gasteiger partial charge >= 0.3 is 0 Å². The molecule has 0 unspecified atom stereocenters. The molecule has 0 bridgehead atoms. The first-order chi connectivity index (χ1) is 4.62. The fourth-order valence-corrected chi connectivity index (χ4v) is 2.48. The van der Waals surface area contributed by atoms with E-state index < -0.39 is 0 Å². The minimum absolute atomic E-state index is 0.425. The van der Waals surface area contributed by atoms with Gasteiger partial charge in [-0.25, -0.2) is 0 Å². The Labute approximate surface area is 62.6 Å². The van der Waals surface area contributed by atoms with Crippen LogP contribution in [-0.2, 0) is 0 Å². The number of nitrogens with zero attached hydrogens (tertiary/aromatic N) is 1. The van der Waals surface area contributed by atoms with E-state index >= 15 is 0 Å². The Morgan fingerprint density at radius 1 is 1.50 bits per heavy atom. The van der Waals surface area contributed by atoms with Crippen LogP contribution in [0.3, 0.4) is 0 Å². The maximum Gasteiger partial charge on any atom is 0.0354 e. The quantitative estimate of drug-likeness (QED) is 0.531. The molecule has 0 amide bonds. The summed E-state index contributed by atoms with van der Waals surface area (Å²) in [5, 5.41) is 3.40. The summed E-state index contributed by atoms with van der Waals surface area (Å²) in [5.74, 6) is 0. The molecular weight excluding hydrogens is 124 g/mol. The van der Waals surface area contributed by atoms with Gasteiger partial charge in [0.25, 0.3) is 0 Å². The van der Waals surface area contributed by atoms with E-state index in [1.165, 1.54) is 6.42 Å². The standard InChI is InChI=1S/C8H15N2/c1-7-4-8(7,9-2)6-10(3)5-7/h9H,3-6H2,1-2H3/q-1/t7-,8-/m0/s1. The highest BCUT2D eigenvalue weighted by molar-refractivity contribution is 5.25. The van der Waals surface area contributed by atoms with Gasteiger partial charge in [-0.1, -0.05) is 6.92 Å². The number of hydrogen-bond acceptors (Lipinski definition) is 2. The molecule has 2 aliphatic rings. The van der Waals surface area contributed by atoms with Crippen LogP contribution in [0.25, 0.3) is 0 Å². The molecule has 0 aromatic rings. The van der Waals surface area contributed by atoms with Gasteiger partial charge in [0.05, 0.1) is 0 Å². The summed E-state index contributed by atoms with van der Waals surface area (Å²) in [5.41, 5.74) is 0.957. The first-order valence-corrected chi connectivity index (χ1v) is 3.86. The first kappa shape index (κ1) is 6.62. The summed E-state index contributed by atoms with van der Waals surface area (Å²) >= 11 is 0. The lowest BCUT2D eigenvalue weighted by molar-refractivity contribution is 0.372. The zero-order chi connectivity index (χ0) is 7.41. The van der Waals surface area contributed by atoms with Crippen molar-refractivity contribution in [1.82, 2.24) is 10.2 Å². The average molecular weight is 139 g/mol. The molecule has 2 rings (SSSR count). The van der Waals surface area contributed by atoms with Crippen LogP contribution < -0.4 is 5.32 Å². The molecule has 1 N–H and O–H groups in total. The van der Waals surface area contributed by atoms with Gasteiger partial charge in [0.1, 0.15) is 0 Å². The van der Waals surface area contributed by atoms with E-state index in [9.17, 15) is 0 Å². The molecule has 0 aromatic carbocycles. The Balaban J connectivity index is 2.17. The highest BCUT2D eigenvalue weighted by Gasteiger charge is 2.66. The van der Waals surface area contributed by atoms with Crippen molar-refractivity contribution < 1.29 is 0 Å². The second-order valence-electron chi connectivity index (χ2n) is 4.06. The van der Waals surface area contributed by atoms with Gasteiger partial charge in [-0.15, -0.1) is 0 Å². The summed E-state index contributed by atoms with van der Waals surface area (Å²) in [7, 11) is 6.01. The second-order valence-corrected chi connectivity index (χ2v) is 4.06. The first-order valence-electron chi connectivity index (χ1n) is 3.86. The molecule has 1 aliphatic carbocycles. The lowest BCUT2D eigenvalue weighted by Crippen LogP contribution is -2.35. The molecule has 0 aromatic heterocycles. The van der Waals surface area contributed by atoms with Crippen molar-refractivity contribution in [2.24, 2.45) is 5.41 Å². The summed E-state index contributed by atoms with van der Waals surface area (Å²) < 4.78 is 0. The second kappa shape index (κ2) is 1.56. The van der Waals surface area contributed by atoms with Crippen LogP contribution in [0.1, 0.15) is 13.3 Å². The van der Waals surface area contributed by atoms with Gasteiger partial charge in [0, 0.05) is 5.54 Å². The zero-order valence-corrected chi connectivity index (χ0v) is 6.78. The van der Waals surface area contributed by atoms with Crippen molar-refractivity contribution in [2.45, 2.75) is 18.9 Å². The summed E-state index contributed by atoms with van der Waals surface area (Å²) in [6, 6.07) is 0. The van der Waals surface area contributed by atoms with Crippen molar-refractivity contribution in [1.29, 1.82) is 0 Å². The number of hydrogen-bond donors (Lipinski definition) is 1. The lowest BCUT2D eigenvalue weighted by atomic mass is 10.1. The minimum atomic E-state index is 0.425. The van der Waals surface area contributed by atoms with E-state index in [2.05, 4.69) is 31.2 Å². The van der Waals surface area contributed by atoms with Crippen LogP contribution in [0.4, 0.5) is 0 Å². The normalized spacial score (nSPS) is 53.1. The smallest absolute Gasteiger partial charge is 0.0354 e. The van der Waals surface area contributed by atoms with Crippen molar-refractivity contribution in [3.63, 3.8) is 0 Å². The Hall–Kier alpha value is -0.0800.